The van der Waals surface area contributed by atoms with Gasteiger partial charge >= 0.3 is 6.18 Å². The SMILES string of the molecule is Cc1c(C(F)(F)F)nnc(N2CCCC(F)(F)CC2)c1C(=O)Nc1cccc([S@@](C)(=O)=NC(=O)CN2CC(F)(F)C2)c1. The molecule has 2 fully saturated rings. The minimum Gasteiger partial charge on any atom is -0.354 e. The number of carbonyl (C=O) groups excluding carboxylic acids is 2. The predicted molar refractivity (Wildman–Crippen MR) is 138 cm³/mol. The van der Waals surface area contributed by atoms with Crippen LogP contribution in [0.1, 0.15) is 40.9 Å². The minimum atomic E-state index is -4.95. The Kier molecular flexibility index (Phi) is 8.57. The van der Waals surface area contributed by atoms with Gasteiger partial charge in [-0.25, -0.2) is 21.8 Å². The van der Waals surface area contributed by atoms with E-state index in [9.17, 15) is 44.5 Å². The van der Waals surface area contributed by atoms with Crippen LogP contribution in [-0.2, 0) is 20.7 Å². The van der Waals surface area contributed by atoms with Gasteiger partial charge in [-0.1, -0.05) is 6.07 Å². The van der Waals surface area contributed by atoms with Gasteiger partial charge in [-0.3, -0.25) is 14.5 Å². The molecule has 1 atom stereocenters. The zero-order valence-electron chi connectivity index (χ0n) is 22.5. The van der Waals surface area contributed by atoms with Gasteiger partial charge in [-0.15, -0.1) is 10.2 Å². The average Bonchev–Trinajstić information content (AvgIpc) is 3.01. The lowest BCUT2D eigenvalue weighted by molar-refractivity contribution is -0.143. The molecule has 2 aliphatic heterocycles. The summed E-state index contributed by atoms with van der Waals surface area (Å²) in [5, 5.41) is 9.28. The summed E-state index contributed by atoms with van der Waals surface area (Å²) in [7, 11) is -3.41. The number of hydrogen-bond donors (Lipinski definition) is 1. The Labute approximate surface area is 236 Å². The second kappa shape index (κ2) is 11.4. The van der Waals surface area contributed by atoms with Crippen molar-refractivity contribution >= 4 is 33.0 Å². The topological polar surface area (TPSA) is 108 Å². The van der Waals surface area contributed by atoms with Crippen molar-refractivity contribution in [3.8, 4) is 0 Å². The molecule has 0 radical (unpaired) electrons. The maximum absolute atomic E-state index is 14.0. The van der Waals surface area contributed by atoms with E-state index in [0.29, 0.717) is 0 Å². The standard InChI is InChI=1S/C25H27F7N6O3S/c1-15-19(21(35-34-20(15)25(30,31)32)38-9-4-7-23(26,27)8-10-38)22(40)33-16-5-3-6-17(11-16)42(2,41)36-18(39)12-37-13-24(28,29)14-37/h3,5-6,11H,4,7-10,12-14H2,1-2H3,(H,33,40)/t42-/m1/s1. The second-order valence-electron chi connectivity index (χ2n) is 10.3. The van der Waals surface area contributed by atoms with Gasteiger partial charge in [0.15, 0.2) is 11.5 Å². The lowest BCUT2D eigenvalue weighted by Crippen LogP contribution is -2.57. The molecular formula is C25H27F7N6O3S. The molecule has 17 heteroatoms. The Hall–Kier alpha value is -3.34. The van der Waals surface area contributed by atoms with Crippen molar-refractivity contribution in [2.45, 2.75) is 49.1 Å². The van der Waals surface area contributed by atoms with E-state index >= 15 is 0 Å². The first-order valence-corrected chi connectivity index (χ1v) is 14.6. The average molecular weight is 625 g/mol. The van der Waals surface area contributed by atoms with E-state index in [0.717, 1.165) is 18.1 Å². The highest BCUT2D eigenvalue weighted by atomic mass is 32.2. The number of nitrogens with one attached hydrogen (secondary N) is 1. The van der Waals surface area contributed by atoms with E-state index in [4.69, 9.17) is 0 Å². The molecule has 9 nitrogen and oxygen atoms in total. The predicted octanol–water partition coefficient (Wildman–Crippen LogP) is 4.62. The van der Waals surface area contributed by atoms with Crippen molar-refractivity contribution in [1.82, 2.24) is 15.1 Å². The Morgan fingerprint density at radius 3 is 2.40 bits per heavy atom. The summed E-state index contributed by atoms with van der Waals surface area (Å²) in [5.74, 6) is -8.11. The summed E-state index contributed by atoms with van der Waals surface area (Å²) in [6, 6.07) is 5.26. The highest BCUT2D eigenvalue weighted by molar-refractivity contribution is 7.93. The van der Waals surface area contributed by atoms with E-state index in [1.54, 1.807) is 0 Å². The summed E-state index contributed by atoms with van der Waals surface area (Å²) in [5.41, 5.74) is -2.51. The molecule has 0 spiro atoms. The Balaban J connectivity index is 1.62. The van der Waals surface area contributed by atoms with Crippen LogP contribution in [0.5, 0.6) is 0 Å². The van der Waals surface area contributed by atoms with Crippen molar-refractivity contribution in [2.75, 3.05) is 49.2 Å². The van der Waals surface area contributed by atoms with Crippen LogP contribution in [0, 0.1) is 6.92 Å². The number of alkyl halides is 7. The van der Waals surface area contributed by atoms with Crippen LogP contribution in [0.25, 0.3) is 0 Å². The van der Waals surface area contributed by atoms with Crippen LogP contribution in [0.3, 0.4) is 0 Å². The molecule has 0 bridgehead atoms. The lowest BCUT2D eigenvalue weighted by Gasteiger charge is -2.37. The fraction of sp³-hybridized carbons (Fsp3) is 0.520. The molecule has 0 saturated carbocycles. The van der Waals surface area contributed by atoms with E-state index < -0.39 is 88.9 Å². The minimum absolute atomic E-state index is 0.00508. The van der Waals surface area contributed by atoms with Crippen LogP contribution >= 0.6 is 0 Å². The first kappa shape index (κ1) is 31.6. The third-order valence-corrected chi connectivity index (χ3v) is 8.47. The van der Waals surface area contributed by atoms with Gasteiger partial charge in [-0.2, -0.15) is 17.5 Å². The number of nitrogens with zero attached hydrogens (tertiary/aromatic N) is 5. The third kappa shape index (κ3) is 7.35. The second-order valence-corrected chi connectivity index (χ2v) is 12.6. The number of aromatic nitrogens is 2. The summed E-state index contributed by atoms with van der Waals surface area (Å²) in [6.07, 6.45) is -4.84. The first-order chi connectivity index (χ1) is 19.4. The first-order valence-electron chi connectivity index (χ1n) is 12.7. The van der Waals surface area contributed by atoms with Gasteiger partial charge in [0.2, 0.25) is 5.92 Å². The molecular weight excluding hydrogens is 597 g/mol. The Bertz CT molecular complexity index is 1500. The number of benzene rings is 1. The number of rotatable bonds is 6. The van der Waals surface area contributed by atoms with Crippen LogP contribution in [0.2, 0.25) is 0 Å². The van der Waals surface area contributed by atoms with Crippen LogP contribution in [-0.4, -0.2) is 81.9 Å². The van der Waals surface area contributed by atoms with Crippen molar-refractivity contribution in [3.63, 3.8) is 0 Å². The van der Waals surface area contributed by atoms with Gasteiger partial charge in [0.05, 0.1) is 34.9 Å². The fourth-order valence-electron chi connectivity index (χ4n) is 4.74. The molecule has 1 aromatic carbocycles. The van der Waals surface area contributed by atoms with E-state index in [1.165, 1.54) is 29.2 Å². The molecule has 42 heavy (non-hydrogen) atoms. The molecule has 3 heterocycles. The fourth-order valence-corrected chi connectivity index (χ4v) is 5.97. The Morgan fingerprint density at radius 2 is 1.76 bits per heavy atom. The van der Waals surface area contributed by atoms with E-state index in [-0.39, 0.29) is 35.9 Å². The highest BCUT2D eigenvalue weighted by Gasteiger charge is 2.44. The molecule has 2 aliphatic rings. The maximum Gasteiger partial charge on any atom is 0.435 e. The zero-order valence-corrected chi connectivity index (χ0v) is 23.3. The number of hydrogen-bond acceptors (Lipinski definition) is 7. The molecule has 1 N–H and O–H groups in total. The molecule has 2 saturated heterocycles. The van der Waals surface area contributed by atoms with Crippen LogP contribution < -0.4 is 10.2 Å². The van der Waals surface area contributed by atoms with Gasteiger partial charge in [0.1, 0.15) is 0 Å². The Morgan fingerprint density at radius 1 is 1.07 bits per heavy atom. The number of likely N-dealkylation sites (tertiary alicyclic amines) is 1. The molecule has 0 unspecified atom stereocenters. The third-order valence-electron chi connectivity index (χ3n) is 6.79. The van der Waals surface area contributed by atoms with Crippen molar-refractivity contribution in [3.05, 3.63) is 41.1 Å². The van der Waals surface area contributed by atoms with Gasteiger partial charge < -0.3 is 10.2 Å². The number of carbonyl (C=O) groups is 2. The number of anilines is 2. The molecule has 2 amide bonds. The zero-order chi connectivity index (χ0) is 31.1. The van der Waals surface area contributed by atoms with Gasteiger partial charge in [-0.05, 0) is 37.1 Å². The lowest BCUT2D eigenvalue weighted by atomic mass is 10.1. The van der Waals surface area contributed by atoms with Crippen LogP contribution in [0.4, 0.5) is 42.2 Å². The monoisotopic (exact) mass is 624 g/mol. The van der Waals surface area contributed by atoms with Crippen LogP contribution in [0.15, 0.2) is 33.5 Å². The highest BCUT2D eigenvalue weighted by Crippen LogP contribution is 2.36. The normalized spacial score (nSPS) is 20.2. The van der Waals surface area contributed by atoms with Crippen molar-refractivity contribution in [1.29, 1.82) is 0 Å². The van der Waals surface area contributed by atoms with E-state index in [2.05, 4.69) is 19.9 Å². The largest absolute Gasteiger partial charge is 0.435 e. The molecule has 4 rings (SSSR count). The number of amides is 2. The summed E-state index contributed by atoms with van der Waals surface area (Å²) in [4.78, 5) is 28.1. The molecule has 230 valence electrons. The maximum atomic E-state index is 14.0. The number of halogens is 7. The molecule has 1 aromatic heterocycles. The smallest absolute Gasteiger partial charge is 0.354 e. The molecule has 0 aliphatic carbocycles. The summed E-state index contributed by atoms with van der Waals surface area (Å²) >= 11 is 0. The van der Waals surface area contributed by atoms with Gasteiger partial charge in [0, 0.05) is 42.8 Å². The summed E-state index contributed by atoms with van der Waals surface area (Å²) in [6.45, 7) is -0.949. The molecule has 2 aromatic rings. The van der Waals surface area contributed by atoms with Crippen molar-refractivity contribution < 1.29 is 44.5 Å². The van der Waals surface area contributed by atoms with E-state index in [1.807, 2.05) is 0 Å². The van der Waals surface area contributed by atoms with Gasteiger partial charge in [0.25, 0.3) is 17.7 Å². The van der Waals surface area contributed by atoms with Crippen molar-refractivity contribution in [2.24, 2.45) is 4.36 Å². The summed E-state index contributed by atoms with van der Waals surface area (Å²) < 4.78 is 112. The quantitative estimate of drug-likeness (QED) is 0.468.